The zero-order chi connectivity index (χ0) is 25.8. The molecule has 0 unspecified atom stereocenters. The third-order valence-corrected chi connectivity index (χ3v) is 9.35. The van der Waals surface area contributed by atoms with Crippen LogP contribution in [0.2, 0.25) is 0 Å². The first-order valence-corrected chi connectivity index (χ1v) is 13.9. The molecule has 4 bridgehead atoms. The average molecular weight is 516 g/mol. The van der Waals surface area contributed by atoms with Crippen LogP contribution >= 0.6 is 0 Å². The molecule has 1 aromatic carbocycles. The summed E-state index contributed by atoms with van der Waals surface area (Å²) in [4.78, 5) is 23.3. The lowest BCUT2D eigenvalue weighted by Gasteiger charge is -2.54. The van der Waals surface area contributed by atoms with Crippen LogP contribution in [0.5, 0.6) is 0 Å². The molecule has 7 nitrogen and oxygen atoms in total. The van der Waals surface area contributed by atoms with Gasteiger partial charge in [0.2, 0.25) is 5.95 Å². The molecule has 1 aliphatic heterocycles. The molecule has 0 spiro atoms. The van der Waals surface area contributed by atoms with E-state index in [0.717, 1.165) is 35.4 Å². The maximum Gasteiger partial charge on any atom is 0.255 e. The number of ether oxygens (including phenoxy) is 1. The molecule has 1 N–H and O–H groups in total. The van der Waals surface area contributed by atoms with Gasteiger partial charge in [-0.25, -0.2) is 9.37 Å². The fourth-order valence-electron chi connectivity index (χ4n) is 7.71. The van der Waals surface area contributed by atoms with E-state index < -0.39 is 5.82 Å². The molecule has 3 heterocycles. The maximum atomic E-state index is 14.4. The molecule has 38 heavy (non-hydrogen) atoms. The zero-order valence-corrected chi connectivity index (χ0v) is 21.7. The summed E-state index contributed by atoms with van der Waals surface area (Å²) in [6.45, 7) is 1.68. The molecular formula is C30H34FN5O2. The fraction of sp³-hybridized carbons (Fsp3) is 0.500. The highest BCUT2D eigenvalue weighted by atomic mass is 19.1. The molecule has 4 saturated carbocycles. The van der Waals surface area contributed by atoms with Crippen molar-refractivity contribution in [2.24, 2.45) is 30.7 Å². The van der Waals surface area contributed by atoms with Crippen molar-refractivity contribution < 1.29 is 9.13 Å². The summed E-state index contributed by atoms with van der Waals surface area (Å²) in [7, 11) is 1.70. The normalized spacial score (nSPS) is 30.0. The predicted octanol–water partition coefficient (Wildman–Crippen LogP) is 4.80. The Hall–Kier alpha value is -3.26. The summed E-state index contributed by atoms with van der Waals surface area (Å²) in [6.07, 6.45) is 9.59. The van der Waals surface area contributed by atoms with Crippen molar-refractivity contribution in [1.82, 2.24) is 14.5 Å². The topological polar surface area (TPSA) is 72.3 Å². The molecule has 5 fully saturated rings. The lowest BCUT2D eigenvalue weighted by molar-refractivity contribution is 0.00753. The number of hydrogen-bond donors (Lipinski definition) is 1. The number of aromatic nitrogens is 3. The molecule has 0 radical (unpaired) electrons. The lowest BCUT2D eigenvalue weighted by atomic mass is 9.54. The number of pyridine rings is 1. The highest BCUT2D eigenvalue weighted by Crippen LogP contribution is 2.54. The predicted molar refractivity (Wildman–Crippen MR) is 144 cm³/mol. The number of nitrogens with zero attached hydrogens (tertiary/aromatic N) is 4. The van der Waals surface area contributed by atoms with E-state index in [1.807, 2.05) is 0 Å². The number of rotatable bonds is 5. The van der Waals surface area contributed by atoms with Crippen molar-refractivity contribution in [1.29, 1.82) is 0 Å². The van der Waals surface area contributed by atoms with Gasteiger partial charge in [-0.3, -0.25) is 14.3 Å². The maximum absolute atomic E-state index is 14.4. The van der Waals surface area contributed by atoms with Gasteiger partial charge in [0, 0.05) is 43.1 Å². The van der Waals surface area contributed by atoms with Gasteiger partial charge in [0.25, 0.3) is 5.56 Å². The molecule has 3 aromatic rings. The van der Waals surface area contributed by atoms with E-state index in [2.05, 4.69) is 44.5 Å². The highest BCUT2D eigenvalue weighted by Gasteiger charge is 2.48. The van der Waals surface area contributed by atoms with E-state index in [1.165, 1.54) is 54.6 Å². The number of anilines is 2. The number of benzene rings is 1. The zero-order valence-electron chi connectivity index (χ0n) is 21.7. The average Bonchev–Trinajstić information content (AvgIpc) is 2.92. The van der Waals surface area contributed by atoms with E-state index in [4.69, 9.17) is 4.74 Å². The Morgan fingerprint density at radius 2 is 1.76 bits per heavy atom. The lowest BCUT2D eigenvalue weighted by Crippen LogP contribution is -2.51. The third kappa shape index (κ3) is 4.28. The number of halogens is 1. The Morgan fingerprint density at radius 3 is 2.47 bits per heavy atom. The van der Waals surface area contributed by atoms with Crippen molar-refractivity contribution in [3.63, 3.8) is 0 Å². The van der Waals surface area contributed by atoms with Gasteiger partial charge in [-0.05, 0) is 79.5 Å². The third-order valence-electron chi connectivity index (χ3n) is 9.35. The van der Waals surface area contributed by atoms with Crippen molar-refractivity contribution in [2.75, 3.05) is 29.9 Å². The highest BCUT2D eigenvalue weighted by molar-refractivity contribution is 5.60. The minimum atomic E-state index is -0.499. The SMILES string of the molecule is Cn1c(N2CCO[C@@H](c3ccc(NC4C5CC6CC(C5)CC4C6)cc3)C2)nc(-c2ccncc2F)cc1=O. The van der Waals surface area contributed by atoms with Crippen LogP contribution in [0.25, 0.3) is 11.3 Å². The summed E-state index contributed by atoms with van der Waals surface area (Å²) in [5.74, 6) is 3.62. The molecule has 8 heteroatoms. The summed E-state index contributed by atoms with van der Waals surface area (Å²) >= 11 is 0. The molecular weight excluding hydrogens is 481 g/mol. The molecule has 1 saturated heterocycles. The van der Waals surface area contributed by atoms with Gasteiger partial charge in [-0.15, -0.1) is 0 Å². The standard InChI is InChI=1S/C30H34FN5O2/c1-35-28(37)15-26(24-6-7-32-16-25(24)31)34-30(35)36-8-9-38-27(17-36)20-2-4-23(5-3-20)33-29-21-11-18-10-19(13-21)14-22(29)12-18/h2-7,15-16,18-19,21-22,27,29,33H,8-14,17H2,1H3/t18?,19?,21?,22?,27-,29?/m1/s1. The van der Waals surface area contributed by atoms with E-state index in [9.17, 15) is 9.18 Å². The quantitative estimate of drug-likeness (QED) is 0.527. The van der Waals surface area contributed by atoms with Gasteiger partial charge in [0.1, 0.15) is 6.10 Å². The number of nitrogens with one attached hydrogen (secondary N) is 1. The summed E-state index contributed by atoms with van der Waals surface area (Å²) < 4.78 is 22.0. The van der Waals surface area contributed by atoms with Gasteiger partial charge in [-0.1, -0.05) is 12.1 Å². The monoisotopic (exact) mass is 515 g/mol. The minimum absolute atomic E-state index is 0.141. The Kier molecular flexibility index (Phi) is 5.95. The van der Waals surface area contributed by atoms with Crippen LogP contribution in [0.4, 0.5) is 16.0 Å². The van der Waals surface area contributed by atoms with Gasteiger partial charge in [0.15, 0.2) is 5.82 Å². The summed E-state index contributed by atoms with van der Waals surface area (Å²) in [6, 6.07) is 12.2. The molecule has 0 amide bonds. The van der Waals surface area contributed by atoms with E-state index in [1.54, 1.807) is 13.1 Å². The second-order valence-corrected chi connectivity index (χ2v) is 11.7. The van der Waals surface area contributed by atoms with Crippen LogP contribution in [-0.4, -0.2) is 40.3 Å². The van der Waals surface area contributed by atoms with Gasteiger partial charge < -0.3 is 15.0 Å². The second kappa shape index (κ2) is 9.49. The fourth-order valence-corrected chi connectivity index (χ4v) is 7.71. The van der Waals surface area contributed by atoms with Crippen LogP contribution in [0.3, 0.4) is 0 Å². The van der Waals surface area contributed by atoms with Gasteiger partial charge in [-0.2, -0.15) is 0 Å². The number of morpholine rings is 1. The summed E-state index contributed by atoms with van der Waals surface area (Å²) in [5.41, 5.74) is 2.64. The first-order chi connectivity index (χ1) is 18.5. The van der Waals surface area contributed by atoms with E-state index >= 15 is 0 Å². The van der Waals surface area contributed by atoms with Crippen LogP contribution in [0.1, 0.15) is 43.8 Å². The van der Waals surface area contributed by atoms with E-state index in [0.29, 0.717) is 37.4 Å². The van der Waals surface area contributed by atoms with Gasteiger partial charge in [0.05, 0.1) is 25.0 Å². The van der Waals surface area contributed by atoms with Crippen molar-refractivity contribution >= 4 is 11.6 Å². The largest absolute Gasteiger partial charge is 0.382 e. The molecule has 4 aliphatic carbocycles. The van der Waals surface area contributed by atoms with Crippen molar-refractivity contribution in [3.05, 3.63) is 70.5 Å². The molecule has 8 rings (SSSR count). The van der Waals surface area contributed by atoms with Crippen LogP contribution in [0.15, 0.2) is 53.6 Å². The Labute approximate surface area is 222 Å². The molecule has 5 aliphatic rings. The van der Waals surface area contributed by atoms with Crippen LogP contribution in [-0.2, 0) is 11.8 Å². The first-order valence-electron chi connectivity index (χ1n) is 13.9. The second-order valence-electron chi connectivity index (χ2n) is 11.7. The van der Waals surface area contributed by atoms with E-state index in [-0.39, 0.29) is 17.2 Å². The Morgan fingerprint density at radius 1 is 1.03 bits per heavy atom. The Balaban J connectivity index is 1.08. The van der Waals surface area contributed by atoms with Crippen molar-refractivity contribution in [3.8, 4) is 11.3 Å². The minimum Gasteiger partial charge on any atom is -0.382 e. The van der Waals surface area contributed by atoms with Crippen LogP contribution < -0.4 is 15.8 Å². The smallest absolute Gasteiger partial charge is 0.255 e. The van der Waals surface area contributed by atoms with Crippen molar-refractivity contribution in [2.45, 2.75) is 44.2 Å². The Bertz CT molecular complexity index is 1360. The molecule has 198 valence electrons. The van der Waals surface area contributed by atoms with Gasteiger partial charge >= 0.3 is 0 Å². The van der Waals surface area contributed by atoms with Crippen LogP contribution in [0, 0.1) is 29.5 Å². The number of hydrogen-bond acceptors (Lipinski definition) is 6. The summed E-state index contributed by atoms with van der Waals surface area (Å²) in [5, 5.41) is 3.89. The molecule has 2 aromatic heterocycles. The first kappa shape index (κ1) is 23.8. The molecule has 1 atom stereocenters.